The Kier molecular flexibility index (Phi) is 3.61. The van der Waals surface area contributed by atoms with E-state index in [9.17, 15) is 4.39 Å². The number of ether oxygens (including phenoxy) is 1. The van der Waals surface area contributed by atoms with E-state index in [0.717, 1.165) is 0 Å². The summed E-state index contributed by atoms with van der Waals surface area (Å²) in [7, 11) is 0. The van der Waals surface area contributed by atoms with Gasteiger partial charge in [0.2, 0.25) is 0 Å². The van der Waals surface area contributed by atoms with Gasteiger partial charge in [0.25, 0.3) is 0 Å². The molecule has 0 heterocycles. The smallest absolute Gasteiger partial charge is 0.167 e. The van der Waals surface area contributed by atoms with Gasteiger partial charge in [0.1, 0.15) is 5.75 Å². The lowest BCUT2D eigenvalue weighted by Crippen LogP contribution is -2.01. The third-order valence-electron chi connectivity index (χ3n) is 2.30. The summed E-state index contributed by atoms with van der Waals surface area (Å²) in [6, 6.07) is 11.4. The van der Waals surface area contributed by atoms with E-state index in [1.165, 1.54) is 6.07 Å². The molecule has 0 bridgehead atoms. The lowest BCUT2D eigenvalue weighted by atomic mass is 10.2. The average molecular weight is 252 g/mol. The topological polar surface area (TPSA) is 35.2 Å². The summed E-state index contributed by atoms with van der Waals surface area (Å²) in [6.07, 6.45) is 0. The fraction of sp³-hybridized carbons (Fsp3) is 0.0769. The van der Waals surface area contributed by atoms with Gasteiger partial charge in [0, 0.05) is 17.1 Å². The van der Waals surface area contributed by atoms with Gasteiger partial charge in [-0.1, -0.05) is 23.7 Å². The van der Waals surface area contributed by atoms with Crippen LogP contribution in [0, 0.1) is 5.82 Å². The minimum Gasteiger partial charge on any atom is -0.454 e. The number of para-hydroxylation sites is 1. The van der Waals surface area contributed by atoms with Crippen molar-refractivity contribution in [2.45, 2.75) is 6.54 Å². The first-order chi connectivity index (χ1) is 8.20. The first kappa shape index (κ1) is 11.9. The van der Waals surface area contributed by atoms with Crippen molar-refractivity contribution in [3.05, 3.63) is 58.9 Å². The van der Waals surface area contributed by atoms with Crippen molar-refractivity contribution < 1.29 is 9.13 Å². The molecule has 2 N–H and O–H groups in total. The second kappa shape index (κ2) is 5.17. The van der Waals surface area contributed by atoms with E-state index in [1.807, 2.05) is 0 Å². The predicted molar refractivity (Wildman–Crippen MR) is 65.8 cm³/mol. The van der Waals surface area contributed by atoms with Gasteiger partial charge in [0.05, 0.1) is 0 Å². The van der Waals surface area contributed by atoms with Crippen LogP contribution in [0.15, 0.2) is 42.5 Å². The molecule has 0 radical (unpaired) electrons. The lowest BCUT2D eigenvalue weighted by Gasteiger charge is -2.10. The highest BCUT2D eigenvalue weighted by molar-refractivity contribution is 6.30. The zero-order valence-corrected chi connectivity index (χ0v) is 9.75. The molecule has 0 aliphatic heterocycles. The monoisotopic (exact) mass is 251 g/mol. The summed E-state index contributed by atoms with van der Waals surface area (Å²) in [5.41, 5.74) is 6.15. The Hall–Kier alpha value is -1.58. The number of rotatable bonds is 3. The van der Waals surface area contributed by atoms with Crippen LogP contribution in [0.5, 0.6) is 11.5 Å². The zero-order valence-electron chi connectivity index (χ0n) is 8.99. The molecule has 2 aromatic carbocycles. The number of hydrogen-bond acceptors (Lipinski definition) is 2. The molecule has 0 amide bonds. The normalized spacial score (nSPS) is 10.3. The van der Waals surface area contributed by atoms with Crippen molar-refractivity contribution in [1.82, 2.24) is 0 Å². The molecular weight excluding hydrogens is 241 g/mol. The fourth-order valence-corrected chi connectivity index (χ4v) is 1.58. The Morgan fingerprint density at radius 2 is 1.82 bits per heavy atom. The summed E-state index contributed by atoms with van der Waals surface area (Å²) >= 11 is 5.75. The molecule has 88 valence electrons. The summed E-state index contributed by atoms with van der Waals surface area (Å²) in [4.78, 5) is 0. The number of benzene rings is 2. The highest BCUT2D eigenvalue weighted by Crippen LogP contribution is 2.28. The van der Waals surface area contributed by atoms with E-state index in [0.29, 0.717) is 16.3 Å². The van der Waals surface area contributed by atoms with Crippen LogP contribution in [0.3, 0.4) is 0 Å². The molecule has 0 saturated heterocycles. The highest BCUT2D eigenvalue weighted by atomic mass is 35.5. The summed E-state index contributed by atoms with van der Waals surface area (Å²) in [5.74, 6) is 0.259. The number of nitrogens with two attached hydrogens (primary N) is 1. The van der Waals surface area contributed by atoms with Gasteiger partial charge in [-0.3, -0.25) is 0 Å². The van der Waals surface area contributed by atoms with Crippen LogP contribution in [-0.2, 0) is 6.54 Å². The van der Waals surface area contributed by atoms with E-state index >= 15 is 0 Å². The molecule has 0 unspecified atom stereocenters. The van der Waals surface area contributed by atoms with E-state index in [2.05, 4.69) is 0 Å². The SMILES string of the molecule is NCc1cccc(F)c1Oc1ccc(Cl)cc1. The van der Waals surface area contributed by atoms with Gasteiger partial charge >= 0.3 is 0 Å². The molecule has 0 aromatic heterocycles. The molecule has 0 aliphatic carbocycles. The molecule has 0 fully saturated rings. The Labute approximate surface area is 104 Å². The minimum absolute atomic E-state index is 0.164. The largest absolute Gasteiger partial charge is 0.454 e. The molecule has 4 heteroatoms. The molecular formula is C13H11ClFNO. The number of hydrogen-bond donors (Lipinski definition) is 1. The molecule has 0 spiro atoms. The van der Waals surface area contributed by atoms with Crippen LogP contribution in [0.25, 0.3) is 0 Å². The summed E-state index contributed by atoms with van der Waals surface area (Å²) < 4.78 is 19.1. The van der Waals surface area contributed by atoms with Crippen LogP contribution in [0.4, 0.5) is 4.39 Å². The Bertz CT molecular complexity index is 513. The van der Waals surface area contributed by atoms with E-state index in [1.54, 1.807) is 36.4 Å². The van der Waals surface area contributed by atoms with E-state index < -0.39 is 5.82 Å². The van der Waals surface area contributed by atoms with E-state index in [4.69, 9.17) is 22.1 Å². The van der Waals surface area contributed by atoms with Crippen LogP contribution in [0.2, 0.25) is 5.02 Å². The first-order valence-corrected chi connectivity index (χ1v) is 5.49. The maximum Gasteiger partial charge on any atom is 0.167 e. The molecule has 0 atom stereocenters. The van der Waals surface area contributed by atoms with Crippen molar-refractivity contribution >= 4 is 11.6 Å². The lowest BCUT2D eigenvalue weighted by molar-refractivity contribution is 0.436. The summed E-state index contributed by atoms with van der Waals surface area (Å²) in [5, 5.41) is 0.602. The number of halogens is 2. The molecule has 17 heavy (non-hydrogen) atoms. The molecule has 0 saturated carbocycles. The Morgan fingerprint density at radius 3 is 2.47 bits per heavy atom. The van der Waals surface area contributed by atoms with Crippen molar-refractivity contribution in [3.63, 3.8) is 0 Å². The third kappa shape index (κ3) is 2.75. The van der Waals surface area contributed by atoms with Gasteiger partial charge in [0.15, 0.2) is 11.6 Å². The van der Waals surface area contributed by atoms with Gasteiger partial charge in [-0.15, -0.1) is 0 Å². The first-order valence-electron chi connectivity index (χ1n) is 5.11. The standard InChI is InChI=1S/C13H11ClFNO/c14-10-4-6-11(7-5-10)17-13-9(8-16)2-1-3-12(13)15/h1-7H,8,16H2. The second-order valence-corrected chi connectivity index (χ2v) is 3.92. The van der Waals surface area contributed by atoms with Crippen LogP contribution >= 0.6 is 11.6 Å². The minimum atomic E-state index is -0.428. The van der Waals surface area contributed by atoms with Crippen LogP contribution < -0.4 is 10.5 Å². The second-order valence-electron chi connectivity index (χ2n) is 3.49. The van der Waals surface area contributed by atoms with E-state index in [-0.39, 0.29) is 12.3 Å². The highest BCUT2D eigenvalue weighted by Gasteiger charge is 2.09. The van der Waals surface area contributed by atoms with Gasteiger partial charge in [-0.05, 0) is 30.3 Å². The van der Waals surface area contributed by atoms with Crippen molar-refractivity contribution in [2.24, 2.45) is 5.73 Å². The van der Waals surface area contributed by atoms with Gasteiger partial charge < -0.3 is 10.5 Å². The predicted octanol–water partition coefficient (Wildman–Crippen LogP) is 3.73. The fourth-order valence-electron chi connectivity index (χ4n) is 1.45. The molecule has 0 aliphatic rings. The quantitative estimate of drug-likeness (QED) is 0.902. The average Bonchev–Trinajstić information content (AvgIpc) is 2.34. The zero-order chi connectivity index (χ0) is 12.3. The molecule has 2 aromatic rings. The van der Waals surface area contributed by atoms with Crippen LogP contribution in [0.1, 0.15) is 5.56 Å². The van der Waals surface area contributed by atoms with Gasteiger partial charge in [-0.2, -0.15) is 0 Å². The molecule has 2 rings (SSSR count). The Morgan fingerprint density at radius 1 is 1.12 bits per heavy atom. The Balaban J connectivity index is 2.32. The maximum atomic E-state index is 13.6. The van der Waals surface area contributed by atoms with Crippen molar-refractivity contribution in [1.29, 1.82) is 0 Å². The van der Waals surface area contributed by atoms with Gasteiger partial charge in [-0.25, -0.2) is 4.39 Å². The maximum absolute atomic E-state index is 13.6. The van der Waals surface area contributed by atoms with Crippen molar-refractivity contribution in [3.8, 4) is 11.5 Å². The van der Waals surface area contributed by atoms with Crippen LogP contribution in [-0.4, -0.2) is 0 Å². The summed E-state index contributed by atoms with van der Waals surface area (Å²) in [6.45, 7) is 0.223. The third-order valence-corrected chi connectivity index (χ3v) is 2.55. The molecule has 2 nitrogen and oxygen atoms in total. The van der Waals surface area contributed by atoms with Crippen molar-refractivity contribution in [2.75, 3.05) is 0 Å².